The van der Waals surface area contributed by atoms with Crippen molar-refractivity contribution < 1.29 is 18.3 Å². The van der Waals surface area contributed by atoms with E-state index in [1.807, 2.05) is 6.92 Å². The predicted molar refractivity (Wildman–Crippen MR) is 81.1 cm³/mol. The van der Waals surface area contributed by atoms with E-state index in [1.54, 1.807) is 0 Å². The fourth-order valence-corrected chi connectivity index (χ4v) is 4.68. The summed E-state index contributed by atoms with van der Waals surface area (Å²) in [5, 5.41) is 9.65. The number of hydrogen-bond acceptors (Lipinski definition) is 4. The highest BCUT2D eigenvalue weighted by molar-refractivity contribution is 7.89. The molecule has 0 spiro atoms. The van der Waals surface area contributed by atoms with Gasteiger partial charge in [-0.2, -0.15) is 4.31 Å². The number of ether oxygens (including phenoxy) is 1. The lowest BCUT2D eigenvalue weighted by Crippen LogP contribution is -2.34. The highest BCUT2D eigenvalue weighted by Crippen LogP contribution is 2.38. The quantitative estimate of drug-likeness (QED) is 0.832. The Morgan fingerprint density at radius 3 is 2.57 bits per heavy atom. The molecule has 0 radical (unpaired) electrons. The highest BCUT2D eigenvalue weighted by atomic mass is 35.5. The van der Waals surface area contributed by atoms with Crippen molar-refractivity contribution >= 4 is 21.6 Å². The molecule has 1 aliphatic carbocycles. The van der Waals surface area contributed by atoms with Gasteiger partial charge in [0.25, 0.3) is 0 Å². The van der Waals surface area contributed by atoms with Gasteiger partial charge in [-0.15, -0.1) is 0 Å². The molecule has 1 N–H and O–H groups in total. The minimum atomic E-state index is -3.69. The first-order valence-corrected chi connectivity index (χ1v) is 8.76. The average molecular weight is 334 g/mol. The molecule has 21 heavy (non-hydrogen) atoms. The Morgan fingerprint density at radius 1 is 1.43 bits per heavy atom. The molecular formula is C14H20ClNO4S. The van der Waals surface area contributed by atoms with Crippen LogP contribution in [0.5, 0.6) is 5.75 Å². The van der Waals surface area contributed by atoms with E-state index in [0.29, 0.717) is 12.1 Å². The molecule has 0 aromatic heterocycles. The van der Waals surface area contributed by atoms with Gasteiger partial charge in [-0.3, -0.25) is 0 Å². The summed E-state index contributed by atoms with van der Waals surface area (Å²) in [7, 11) is -2.29. The van der Waals surface area contributed by atoms with Crippen molar-refractivity contribution in [1.29, 1.82) is 0 Å². The third-order valence-corrected chi connectivity index (χ3v) is 5.63. The van der Waals surface area contributed by atoms with Crippen LogP contribution in [0.2, 0.25) is 5.02 Å². The van der Waals surface area contributed by atoms with Crippen molar-refractivity contribution in [2.24, 2.45) is 0 Å². The van der Waals surface area contributed by atoms with Crippen molar-refractivity contribution in [2.45, 2.75) is 43.7 Å². The van der Waals surface area contributed by atoms with E-state index in [0.717, 1.165) is 19.3 Å². The number of benzene rings is 1. The molecule has 1 fully saturated rings. The van der Waals surface area contributed by atoms with Crippen molar-refractivity contribution in [3.63, 3.8) is 0 Å². The van der Waals surface area contributed by atoms with E-state index in [2.05, 4.69) is 0 Å². The van der Waals surface area contributed by atoms with Crippen LogP contribution in [0.4, 0.5) is 0 Å². The van der Waals surface area contributed by atoms with Crippen LogP contribution in [-0.2, 0) is 16.6 Å². The van der Waals surface area contributed by atoms with Crippen LogP contribution in [0.3, 0.4) is 0 Å². The smallest absolute Gasteiger partial charge is 0.247 e. The van der Waals surface area contributed by atoms with Crippen LogP contribution in [0.15, 0.2) is 17.0 Å². The molecular weight excluding hydrogens is 314 g/mol. The Bertz CT molecular complexity index is 614. The maximum Gasteiger partial charge on any atom is 0.247 e. The van der Waals surface area contributed by atoms with Crippen LogP contribution < -0.4 is 4.74 Å². The zero-order valence-electron chi connectivity index (χ0n) is 12.2. The lowest BCUT2D eigenvalue weighted by atomic mass is 10.2. The SMILES string of the molecule is CCCN(C1CC1)S(=O)(=O)c1cc(Cl)cc(CO)c1OC. The maximum absolute atomic E-state index is 12.9. The molecule has 0 heterocycles. The van der Waals surface area contributed by atoms with E-state index in [-0.39, 0.29) is 28.3 Å². The molecule has 0 bridgehead atoms. The van der Waals surface area contributed by atoms with Crippen molar-refractivity contribution in [3.05, 3.63) is 22.7 Å². The van der Waals surface area contributed by atoms with Gasteiger partial charge in [-0.05, 0) is 31.4 Å². The molecule has 2 rings (SSSR count). The second-order valence-electron chi connectivity index (χ2n) is 5.10. The van der Waals surface area contributed by atoms with Crippen LogP contribution in [0.25, 0.3) is 0 Å². The number of aliphatic hydroxyl groups excluding tert-OH is 1. The summed E-state index contributed by atoms with van der Waals surface area (Å²) in [5.74, 6) is 0.170. The van der Waals surface area contributed by atoms with Gasteiger partial charge in [0, 0.05) is 23.2 Å². The van der Waals surface area contributed by atoms with Gasteiger partial charge in [-0.1, -0.05) is 18.5 Å². The van der Waals surface area contributed by atoms with E-state index in [4.69, 9.17) is 16.3 Å². The number of rotatable bonds is 7. The topological polar surface area (TPSA) is 66.8 Å². The Kier molecular flexibility index (Phi) is 5.14. The van der Waals surface area contributed by atoms with Gasteiger partial charge in [0.1, 0.15) is 10.6 Å². The largest absolute Gasteiger partial charge is 0.495 e. The monoisotopic (exact) mass is 333 g/mol. The van der Waals surface area contributed by atoms with Gasteiger partial charge in [-0.25, -0.2) is 8.42 Å². The molecule has 5 nitrogen and oxygen atoms in total. The number of aliphatic hydroxyl groups is 1. The predicted octanol–water partition coefficient (Wildman–Crippen LogP) is 2.40. The summed E-state index contributed by atoms with van der Waals surface area (Å²) in [6.07, 6.45) is 2.51. The third-order valence-electron chi connectivity index (χ3n) is 3.46. The van der Waals surface area contributed by atoms with E-state index in [9.17, 15) is 13.5 Å². The van der Waals surface area contributed by atoms with Crippen molar-refractivity contribution in [2.75, 3.05) is 13.7 Å². The van der Waals surface area contributed by atoms with Gasteiger partial charge in [0.2, 0.25) is 10.0 Å². The van der Waals surface area contributed by atoms with Crippen LogP contribution in [0.1, 0.15) is 31.7 Å². The van der Waals surface area contributed by atoms with Crippen molar-refractivity contribution in [1.82, 2.24) is 4.31 Å². The summed E-state index contributed by atoms with van der Waals surface area (Å²) in [4.78, 5) is 0.0295. The normalized spacial score (nSPS) is 15.5. The number of sulfonamides is 1. The van der Waals surface area contributed by atoms with Crippen molar-refractivity contribution in [3.8, 4) is 5.75 Å². The standard InChI is InChI=1S/C14H20ClNO4S/c1-3-6-16(12-4-5-12)21(18,19)13-8-11(15)7-10(9-17)14(13)20-2/h7-8,12,17H,3-6,9H2,1-2H3. The van der Waals surface area contributed by atoms with Crippen LogP contribution in [-0.4, -0.2) is 37.5 Å². The third kappa shape index (κ3) is 3.34. The summed E-state index contributed by atoms with van der Waals surface area (Å²) < 4.78 is 32.5. The van der Waals surface area contributed by atoms with Crippen LogP contribution in [0, 0.1) is 0 Å². The minimum absolute atomic E-state index is 0.0295. The summed E-state index contributed by atoms with van der Waals surface area (Å²) in [5.41, 5.74) is 0.371. The first-order chi connectivity index (χ1) is 9.95. The molecule has 0 amide bonds. The summed E-state index contributed by atoms with van der Waals surface area (Å²) >= 11 is 5.99. The second kappa shape index (κ2) is 6.52. The fraction of sp³-hybridized carbons (Fsp3) is 0.571. The van der Waals surface area contributed by atoms with E-state index < -0.39 is 10.0 Å². The lowest BCUT2D eigenvalue weighted by Gasteiger charge is -2.23. The molecule has 7 heteroatoms. The molecule has 0 atom stereocenters. The molecule has 0 unspecified atom stereocenters. The summed E-state index contributed by atoms with van der Waals surface area (Å²) in [6.45, 7) is 2.08. The first kappa shape index (κ1) is 16.5. The molecule has 0 saturated heterocycles. The Balaban J connectivity index is 2.55. The van der Waals surface area contributed by atoms with E-state index >= 15 is 0 Å². The van der Waals surface area contributed by atoms with Crippen LogP contribution >= 0.6 is 11.6 Å². The Hall–Kier alpha value is -0.820. The molecule has 1 aromatic carbocycles. The first-order valence-electron chi connectivity index (χ1n) is 6.94. The van der Waals surface area contributed by atoms with Gasteiger partial charge >= 0.3 is 0 Å². The second-order valence-corrected chi connectivity index (χ2v) is 7.40. The molecule has 1 aromatic rings. The van der Waals surface area contributed by atoms with Gasteiger partial charge in [0.05, 0.1) is 13.7 Å². The highest BCUT2D eigenvalue weighted by Gasteiger charge is 2.39. The molecule has 118 valence electrons. The average Bonchev–Trinajstić information content (AvgIpc) is 3.27. The Morgan fingerprint density at radius 2 is 2.10 bits per heavy atom. The Labute approximate surface area is 130 Å². The number of halogens is 1. The maximum atomic E-state index is 12.9. The van der Waals surface area contributed by atoms with Gasteiger partial charge in [0.15, 0.2) is 0 Å². The number of methoxy groups -OCH3 is 1. The molecule has 0 aliphatic heterocycles. The minimum Gasteiger partial charge on any atom is -0.495 e. The number of nitrogens with zero attached hydrogens (tertiary/aromatic N) is 1. The van der Waals surface area contributed by atoms with E-state index in [1.165, 1.54) is 23.5 Å². The fourth-order valence-electron chi connectivity index (χ4n) is 2.37. The summed E-state index contributed by atoms with van der Waals surface area (Å²) in [6, 6.07) is 2.97. The van der Waals surface area contributed by atoms with Gasteiger partial charge < -0.3 is 9.84 Å². The molecule has 1 saturated carbocycles. The zero-order valence-corrected chi connectivity index (χ0v) is 13.7. The molecule has 1 aliphatic rings. The zero-order chi connectivity index (χ0) is 15.6. The lowest BCUT2D eigenvalue weighted by molar-refractivity contribution is 0.272. The number of hydrogen-bond donors (Lipinski definition) is 1.